The van der Waals surface area contributed by atoms with E-state index in [4.69, 9.17) is 0 Å². The van der Waals surface area contributed by atoms with Gasteiger partial charge in [-0.2, -0.15) is 0 Å². The molecule has 0 amide bonds. The van der Waals surface area contributed by atoms with Crippen LogP contribution in [-0.2, 0) is 11.2 Å². The lowest BCUT2D eigenvalue weighted by molar-refractivity contribution is -0.315. The molecule has 0 aliphatic heterocycles. The molecule has 74 valence electrons. The van der Waals surface area contributed by atoms with Crippen LogP contribution in [0.2, 0.25) is 0 Å². The molecule has 0 saturated heterocycles. The monoisotopic (exact) mass is 191 g/mol. The highest BCUT2D eigenvalue weighted by atomic mass is 16.4. The summed E-state index contributed by atoms with van der Waals surface area (Å²) >= 11 is 0. The van der Waals surface area contributed by atoms with Crippen molar-refractivity contribution < 1.29 is 15.0 Å². The van der Waals surface area contributed by atoms with Crippen molar-refractivity contribution in [2.45, 2.75) is 18.9 Å². The van der Waals surface area contributed by atoms with E-state index < -0.39 is 18.0 Å². The quantitative estimate of drug-likeness (QED) is 0.681. The van der Waals surface area contributed by atoms with Crippen molar-refractivity contribution in [3.8, 4) is 0 Å². The zero-order chi connectivity index (χ0) is 10.1. The lowest BCUT2D eigenvalue weighted by atomic mass is 9.81. The Morgan fingerprint density at radius 1 is 1.43 bits per heavy atom. The first-order valence-corrected chi connectivity index (χ1v) is 4.67. The molecule has 3 heteroatoms. The molecule has 1 aliphatic carbocycles. The van der Waals surface area contributed by atoms with E-state index in [0.29, 0.717) is 12.8 Å². The average molecular weight is 191 g/mol. The minimum atomic E-state index is -1.16. The fourth-order valence-electron chi connectivity index (χ4n) is 1.98. The van der Waals surface area contributed by atoms with Crippen LogP contribution < -0.4 is 5.11 Å². The van der Waals surface area contributed by atoms with Crippen LogP contribution in [0.4, 0.5) is 0 Å². The highest BCUT2D eigenvalue weighted by Gasteiger charge is 2.28. The van der Waals surface area contributed by atoms with E-state index >= 15 is 0 Å². The third kappa shape index (κ3) is 1.40. The lowest BCUT2D eigenvalue weighted by Crippen LogP contribution is -2.37. The summed E-state index contributed by atoms with van der Waals surface area (Å²) in [5, 5.41) is 20.5. The van der Waals surface area contributed by atoms with Crippen LogP contribution in [0.25, 0.3) is 0 Å². The highest BCUT2D eigenvalue weighted by Crippen LogP contribution is 2.33. The Morgan fingerprint density at radius 3 is 2.86 bits per heavy atom. The van der Waals surface area contributed by atoms with E-state index in [-0.39, 0.29) is 0 Å². The van der Waals surface area contributed by atoms with Gasteiger partial charge in [0.2, 0.25) is 0 Å². The van der Waals surface area contributed by atoms with Gasteiger partial charge in [0.25, 0.3) is 0 Å². The number of carboxylic acids is 1. The number of hydrogen-bond acceptors (Lipinski definition) is 3. The Morgan fingerprint density at radius 2 is 2.14 bits per heavy atom. The number of carbonyl (C=O) groups excluding carboxylic acids is 1. The maximum absolute atomic E-state index is 10.7. The van der Waals surface area contributed by atoms with Gasteiger partial charge in [0.05, 0.1) is 6.10 Å². The van der Waals surface area contributed by atoms with Crippen LogP contribution in [0.5, 0.6) is 0 Å². The summed E-state index contributed by atoms with van der Waals surface area (Å²) in [6.45, 7) is 0. The number of carboxylic acid groups (broad SMARTS) is 1. The molecule has 1 N–H and O–H groups in total. The second kappa shape index (κ2) is 3.42. The maximum Gasteiger partial charge on any atom is 0.0873 e. The summed E-state index contributed by atoms with van der Waals surface area (Å²) in [5.41, 5.74) is 1.77. The first-order chi connectivity index (χ1) is 6.70. The fourth-order valence-corrected chi connectivity index (χ4v) is 1.98. The van der Waals surface area contributed by atoms with Crippen molar-refractivity contribution in [2.24, 2.45) is 5.92 Å². The molecule has 14 heavy (non-hydrogen) atoms. The molecular weight excluding hydrogens is 180 g/mol. The van der Waals surface area contributed by atoms with E-state index in [1.165, 1.54) is 0 Å². The first-order valence-electron chi connectivity index (χ1n) is 4.67. The van der Waals surface area contributed by atoms with Gasteiger partial charge in [-0.1, -0.05) is 24.3 Å². The molecule has 2 atom stereocenters. The number of aliphatic carboxylic acids is 1. The number of aliphatic hydroxyl groups excluding tert-OH is 1. The molecule has 0 fully saturated rings. The second-order valence-electron chi connectivity index (χ2n) is 3.61. The van der Waals surface area contributed by atoms with E-state index in [2.05, 4.69) is 0 Å². The third-order valence-electron chi connectivity index (χ3n) is 2.78. The van der Waals surface area contributed by atoms with Gasteiger partial charge in [-0.15, -0.1) is 0 Å². The van der Waals surface area contributed by atoms with E-state index in [0.717, 1.165) is 11.1 Å². The SMILES string of the molecule is O=C([O-])[C@@H]1CCc2ccccc2[C@H]1O. The van der Waals surface area contributed by atoms with Crippen LogP contribution in [0.3, 0.4) is 0 Å². The number of fused-ring (bicyclic) bond motifs is 1. The zero-order valence-corrected chi connectivity index (χ0v) is 7.64. The molecule has 1 aromatic rings. The lowest BCUT2D eigenvalue weighted by Gasteiger charge is -2.30. The van der Waals surface area contributed by atoms with Crippen molar-refractivity contribution in [3.05, 3.63) is 35.4 Å². The molecule has 0 aromatic heterocycles. The van der Waals surface area contributed by atoms with Crippen LogP contribution in [0.1, 0.15) is 23.7 Å². The molecule has 3 nitrogen and oxygen atoms in total. The van der Waals surface area contributed by atoms with Gasteiger partial charge in [-0.3, -0.25) is 0 Å². The number of rotatable bonds is 1. The highest BCUT2D eigenvalue weighted by molar-refractivity contribution is 5.69. The van der Waals surface area contributed by atoms with Crippen molar-refractivity contribution in [1.29, 1.82) is 0 Å². The van der Waals surface area contributed by atoms with Gasteiger partial charge in [0.15, 0.2) is 0 Å². The predicted molar refractivity (Wildman–Crippen MR) is 48.2 cm³/mol. The average Bonchev–Trinajstić information content (AvgIpc) is 2.18. The molecule has 0 spiro atoms. The van der Waals surface area contributed by atoms with Crippen LogP contribution >= 0.6 is 0 Å². The number of aliphatic hydroxyl groups is 1. The summed E-state index contributed by atoms with van der Waals surface area (Å²) < 4.78 is 0. The molecule has 0 unspecified atom stereocenters. The number of aryl methyl sites for hydroxylation is 1. The molecule has 0 heterocycles. The number of benzene rings is 1. The van der Waals surface area contributed by atoms with E-state index in [1.54, 1.807) is 12.1 Å². The Bertz CT molecular complexity index is 359. The Balaban J connectivity index is 2.36. The van der Waals surface area contributed by atoms with Crippen LogP contribution in [-0.4, -0.2) is 11.1 Å². The summed E-state index contributed by atoms with van der Waals surface area (Å²) in [6, 6.07) is 7.39. The summed E-state index contributed by atoms with van der Waals surface area (Å²) in [7, 11) is 0. The molecule has 0 saturated carbocycles. The van der Waals surface area contributed by atoms with Crippen molar-refractivity contribution >= 4 is 5.97 Å². The Kier molecular flexibility index (Phi) is 2.25. The van der Waals surface area contributed by atoms with Gasteiger partial charge < -0.3 is 15.0 Å². The summed E-state index contributed by atoms with van der Waals surface area (Å²) in [4.78, 5) is 10.7. The smallest absolute Gasteiger partial charge is 0.0873 e. The minimum Gasteiger partial charge on any atom is -0.550 e. The predicted octanol–water partition coefficient (Wildman–Crippen LogP) is 0.0323. The number of carbonyl (C=O) groups is 1. The first kappa shape index (κ1) is 9.21. The van der Waals surface area contributed by atoms with Crippen LogP contribution in [0, 0.1) is 5.92 Å². The standard InChI is InChI=1S/C11H12O3/c12-10-8-4-2-1-3-7(8)5-6-9(10)11(13)14/h1-4,9-10,12H,5-6H2,(H,13,14)/p-1/t9-,10-/m1/s1. The van der Waals surface area contributed by atoms with Crippen molar-refractivity contribution in [1.82, 2.24) is 0 Å². The molecule has 0 radical (unpaired) electrons. The van der Waals surface area contributed by atoms with Crippen molar-refractivity contribution in [3.63, 3.8) is 0 Å². The third-order valence-corrected chi connectivity index (χ3v) is 2.78. The van der Waals surface area contributed by atoms with E-state index in [1.807, 2.05) is 12.1 Å². The Hall–Kier alpha value is -1.35. The topological polar surface area (TPSA) is 60.4 Å². The van der Waals surface area contributed by atoms with Gasteiger partial charge >= 0.3 is 0 Å². The van der Waals surface area contributed by atoms with Crippen LogP contribution in [0.15, 0.2) is 24.3 Å². The van der Waals surface area contributed by atoms with Gasteiger partial charge in [0, 0.05) is 11.9 Å². The largest absolute Gasteiger partial charge is 0.550 e. The minimum absolute atomic E-state index is 0.459. The summed E-state index contributed by atoms with van der Waals surface area (Å²) in [6.07, 6.45) is 0.247. The van der Waals surface area contributed by atoms with Gasteiger partial charge in [-0.25, -0.2) is 0 Å². The van der Waals surface area contributed by atoms with Gasteiger partial charge in [-0.05, 0) is 24.0 Å². The molecule has 1 aromatic carbocycles. The van der Waals surface area contributed by atoms with E-state index in [9.17, 15) is 15.0 Å². The fraction of sp³-hybridized carbons (Fsp3) is 0.364. The normalized spacial score (nSPS) is 25.5. The summed E-state index contributed by atoms with van der Waals surface area (Å²) in [5.74, 6) is -1.92. The maximum atomic E-state index is 10.7. The molecular formula is C11H11O3-. The van der Waals surface area contributed by atoms with Crippen molar-refractivity contribution in [2.75, 3.05) is 0 Å². The molecule has 1 aliphatic rings. The Labute approximate surface area is 82.0 Å². The number of hydrogen-bond donors (Lipinski definition) is 1. The zero-order valence-electron chi connectivity index (χ0n) is 7.64. The van der Waals surface area contributed by atoms with Gasteiger partial charge in [0.1, 0.15) is 0 Å². The second-order valence-corrected chi connectivity index (χ2v) is 3.61. The molecule has 0 bridgehead atoms. The molecule has 2 rings (SSSR count).